The van der Waals surface area contributed by atoms with Crippen LogP contribution in [0.3, 0.4) is 0 Å². The third kappa shape index (κ3) is 2.74. The SMILES string of the molecule is CCC1SCC(C(=O)O)N1C(=O)CC1(CN)CCC1. The average molecular weight is 286 g/mol. The molecule has 1 heterocycles. The highest BCUT2D eigenvalue weighted by Crippen LogP contribution is 2.44. The van der Waals surface area contributed by atoms with Crippen molar-refractivity contribution in [2.24, 2.45) is 11.1 Å². The van der Waals surface area contributed by atoms with Crippen LogP contribution in [0.15, 0.2) is 0 Å². The molecule has 0 spiro atoms. The molecule has 1 amide bonds. The first-order chi connectivity index (χ1) is 9.03. The quantitative estimate of drug-likeness (QED) is 0.795. The Morgan fingerprint density at radius 2 is 2.16 bits per heavy atom. The Hall–Kier alpha value is -0.750. The summed E-state index contributed by atoms with van der Waals surface area (Å²) in [5.74, 6) is -0.434. The van der Waals surface area contributed by atoms with Gasteiger partial charge in [-0.2, -0.15) is 0 Å². The van der Waals surface area contributed by atoms with Gasteiger partial charge in [-0.05, 0) is 31.2 Å². The van der Waals surface area contributed by atoms with Crippen LogP contribution in [-0.2, 0) is 9.59 Å². The van der Waals surface area contributed by atoms with Crippen molar-refractivity contribution in [3.05, 3.63) is 0 Å². The van der Waals surface area contributed by atoms with E-state index in [-0.39, 0.29) is 16.7 Å². The zero-order valence-corrected chi connectivity index (χ0v) is 12.1. The van der Waals surface area contributed by atoms with E-state index in [4.69, 9.17) is 5.73 Å². The van der Waals surface area contributed by atoms with Crippen molar-refractivity contribution in [1.82, 2.24) is 4.90 Å². The number of thioether (sulfide) groups is 1. The monoisotopic (exact) mass is 286 g/mol. The van der Waals surface area contributed by atoms with E-state index >= 15 is 0 Å². The zero-order valence-electron chi connectivity index (χ0n) is 11.3. The van der Waals surface area contributed by atoms with Gasteiger partial charge in [-0.15, -0.1) is 11.8 Å². The van der Waals surface area contributed by atoms with E-state index in [1.807, 2.05) is 6.92 Å². The highest BCUT2D eigenvalue weighted by molar-refractivity contribution is 8.00. The van der Waals surface area contributed by atoms with E-state index in [1.165, 1.54) is 0 Å². The molecule has 108 valence electrons. The van der Waals surface area contributed by atoms with Crippen LogP contribution in [0.5, 0.6) is 0 Å². The van der Waals surface area contributed by atoms with Crippen molar-refractivity contribution >= 4 is 23.6 Å². The van der Waals surface area contributed by atoms with Crippen molar-refractivity contribution in [3.8, 4) is 0 Å². The fraction of sp³-hybridized carbons (Fsp3) is 0.846. The van der Waals surface area contributed by atoms with Gasteiger partial charge in [-0.3, -0.25) is 4.79 Å². The van der Waals surface area contributed by atoms with E-state index < -0.39 is 12.0 Å². The summed E-state index contributed by atoms with van der Waals surface area (Å²) >= 11 is 1.57. The maximum Gasteiger partial charge on any atom is 0.327 e. The summed E-state index contributed by atoms with van der Waals surface area (Å²) in [5, 5.41) is 9.24. The molecule has 6 heteroatoms. The number of aliphatic carboxylic acids is 1. The summed E-state index contributed by atoms with van der Waals surface area (Å²) in [5.41, 5.74) is 5.72. The summed E-state index contributed by atoms with van der Waals surface area (Å²) in [7, 11) is 0. The van der Waals surface area contributed by atoms with Crippen molar-refractivity contribution in [1.29, 1.82) is 0 Å². The number of hydrogen-bond donors (Lipinski definition) is 2. The lowest BCUT2D eigenvalue weighted by Crippen LogP contribution is -2.49. The van der Waals surface area contributed by atoms with Gasteiger partial charge < -0.3 is 15.7 Å². The van der Waals surface area contributed by atoms with Gasteiger partial charge in [0.2, 0.25) is 5.91 Å². The fourth-order valence-electron chi connectivity index (χ4n) is 2.94. The summed E-state index contributed by atoms with van der Waals surface area (Å²) in [4.78, 5) is 25.3. The van der Waals surface area contributed by atoms with Crippen LogP contribution in [0.2, 0.25) is 0 Å². The molecule has 1 aliphatic carbocycles. The van der Waals surface area contributed by atoms with Crippen molar-refractivity contribution in [2.45, 2.75) is 50.4 Å². The number of amides is 1. The molecule has 3 N–H and O–H groups in total. The predicted molar refractivity (Wildman–Crippen MR) is 74.8 cm³/mol. The highest BCUT2D eigenvalue weighted by atomic mass is 32.2. The molecule has 1 saturated carbocycles. The predicted octanol–water partition coefficient (Wildman–Crippen LogP) is 1.27. The second-order valence-corrected chi connectivity index (χ2v) is 6.80. The molecule has 2 atom stereocenters. The summed E-state index contributed by atoms with van der Waals surface area (Å²) < 4.78 is 0. The fourth-order valence-corrected chi connectivity index (χ4v) is 4.31. The molecule has 19 heavy (non-hydrogen) atoms. The summed E-state index contributed by atoms with van der Waals surface area (Å²) in [6, 6.07) is -0.669. The van der Waals surface area contributed by atoms with Crippen molar-refractivity contribution in [3.63, 3.8) is 0 Å². The molecule has 5 nitrogen and oxygen atoms in total. The van der Waals surface area contributed by atoms with Crippen molar-refractivity contribution < 1.29 is 14.7 Å². The summed E-state index contributed by atoms with van der Waals surface area (Å²) in [6.07, 6.45) is 4.30. The Labute approximate surface area is 117 Å². The van der Waals surface area contributed by atoms with Gasteiger partial charge in [0, 0.05) is 12.2 Å². The third-order valence-electron chi connectivity index (χ3n) is 4.39. The lowest BCUT2D eigenvalue weighted by Gasteiger charge is -2.42. The minimum absolute atomic E-state index is 0.00324. The molecule has 2 fully saturated rings. The van der Waals surface area contributed by atoms with E-state index in [9.17, 15) is 14.7 Å². The topological polar surface area (TPSA) is 83.6 Å². The van der Waals surface area contributed by atoms with Crippen LogP contribution in [0.25, 0.3) is 0 Å². The van der Waals surface area contributed by atoms with Gasteiger partial charge in [0.1, 0.15) is 6.04 Å². The second kappa shape index (κ2) is 5.71. The number of carbonyl (C=O) groups is 2. The molecule has 0 radical (unpaired) electrons. The van der Waals surface area contributed by atoms with Crippen LogP contribution < -0.4 is 5.73 Å². The van der Waals surface area contributed by atoms with E-state index in [2.05, 4.69) is 0 Å². The first-order valence-electron chi connectivity index (χ1n) is 6.88. The maximum absolute atomic E-state index is 12.5. The maximum atomic E-state index is 12.5. The number of carboxylic acid groups (broad SMARTS) is 1. The third-order valence-corrected chi connectivity index (χ3v) is 5.84. The minimum atomic E-state index is -0.896. The van der Waals surface area contributed by atoms with Gasteiger partial charge >= 0.3 is 5.97 Å². The van der Waals surface area contributed by atoms with Crippen LogP contribution in [0, 0.1) is 5.41 Å². The molecule has 0 bridgehead atoms. The standard InChI is InChI=1S/C13H22N2O3S/c1-2-11-15(9(7-19-11)12(17)18)10(16)6-13(8-14)4-3-5-13/h9,11H,2-8,14H2,1H3,(H,17,18). The summed E-state index contributed by atoms with van der Waals surface area (Å²) in [6.45, 7) is 2.51. The van der Waals surface area contributed by atoms with Crippen LogP contribution in [0.1, 0.15) is 39.0 Å². The number of hydrogen-bond acceptors (Lipinski definition) is 4. The number of nitrogens with two attached hydrogens (primary N) is 1. The Balaban J connectivity index is 2.08. The Kier molecular flexibility index (Phi) is 4.40. The van der Waals surface area contributed by atoms with Crippen LogP contribution in [-0.4, -0.2) is 45.6 Å². The smallest absolute Gasteiger partial charge is 0.327 e. The van der Waals surface area contributed by atoms with Crippen molar-refractivity contribution in [2.75, 3.05) is 12.3 Å². The van der Waals surface area contributed by atoms with Gasteiger partial charge in [0.25, 0.3) is 0 Å². The average Bonchev–Trinajstić information content (AvgIpc) is 2.77. The zero-order chi connectivity index (χ0) is 14.0. The number of carboxylic acids is 1. The molecule has 2 aliphatic rings. The molecule has 0 aromatic rings. The number of carbonyl (C=O) groups excluding carboxylic acids is 1. The molecular weight excluding hydrogens is 264 g/mol. The lowest BCUT2D eigenvalue weighted by atomic mass is 9.66. The van der Waals surface area contributed by atoms with Crippen LogP contribution in [0.4, 0.5) is 0 Å². The molecule has 0 aromatic heterocycles. The Morgan fingerprint density at radius 3 is 2.58 bits per heavy atom. The first kappa shape index (κ1) is 14.7. The normalized spacial score (nSPS) is 29.1. The van der Waals surface area contributed by atoms with Gasteiger partial charge in [0.15, 0.2) is 0 Å². The molecule has 1 aliphatic heterocycles. The van der Waals surface area contributed by atoms with E-state index in [0.29, 0.717) is 18.7 Å². The van der Waals surface area contributed by atoms with Gasteiger partial charge in [0.05, 0.1) is 5.37 Å². The van der Waals surface area contributed by atoms with E-state index in [1.54, 1.807) is 16.7 Å². The Morgan fingerprint density at radius 1 is 1.47 bits per heavy atom. The molecule has 2 unspecified atom stereocenters. The molecular formula is C13H22N2O3S. The van der Waals surface area contributed by atoms with Gasteiger partial charge in [-0.25, -0.2) is 4.79 Å². The molecule has 1 saturated heterocycles. The number of rotatable bonds is 5. The first-order valence-corrected chi connectivity index (χ1v) is 7.93. The largest absolute Gasteiger partial charge is 0.480 e. The minimum Gasteiger partial charge on any atom is -0.480 e. The number of nitrogens with zero attached hydrogens (tertiary/aromatic N) is 1. The highest BCUT2D eigenvalue weighted by Gasteiger charge is 2.45. The van der Waals surface area contributed by atoms with Crippen LogP contribution >= 0.6 is 11.8 Å². The second-order valence-electron chi connectivity index (χ2n) is 5.59. The lowest BCUT2D eigenvalue weighted by molar-refractivity contribution is -0.150. The Bertz CT molecular complexity index is 365. The molecule has 0 aromatic carbocycles. The van der Waals surface area contributed by atoms with E-state index in [0.717, 1.165) is 25.7 Å². The molecule has 2 rings (SSSR count). The van der Waals surface area contributed by atoms with Gasteiger partial charge in [-0.1, -0.05) is 13.3 Å².